The fraction of sp³-hybridized carbons (Fsp3) is 0.300. The summed E-state index contributed by atoms with van der Waals surface area (Å²) in [4.78, 5) is 17.1. The number of amides is 1. The number of hydrogen-bond donors (Lipinski definition) is 1. The molecule has 0 bridgehead atoms. The van der Waals surface area contributed by atoms with Gasteiger partial charge in [-0.2, -0.15) is 0 Å². The van der Waals surface area contributed by atoms with E-state index in [0.29, 0.717) is 30.9 Å². The van der Waals surface area contributed by atoms with Crippen LogP contribution in [-0.4, -0.2) is 42.7 Å². The summed E-state index contributed by atoms with van der Waals surface area (Å²) in [5.41, 5.74) is 3.84. The van der Waals surface area contributed by atoms with Crippen molar-refractivity contribution in [1.82, 2.24) is 14.9 Å². The first-order valence-electron chi connectivity index (χ1n) is 9.43. The van der Waals surface area contributed by atoms with Gasteiger partial charge in [-0.05, 0) is 49.2 Å². The van der Waals surface area contributed by atoms with Crippen LogP contribution in [0.5, 0.6) is 0 Å². The topological polar surface area (TPSA) is 84.3 Å². The van der Waals surface area contributed by atoms with Gasteiger partial charge in [0.25, 0.3) is 5.91 Å². The molecule has 1 N–H and O–H groups in total. The maximum absolute atomic E-state index is 12.3. The van der Waals surface area contributed by atoms with Gasteiger partial charge in [0, 0.05) is 25.2 Å². The smallest absolute Gasteiger partial charge is 0.253 e. The number of hydrogen-bond acceptors (Lipinski definition) is 4. The van der Waals surface area contributed by atoms with Crippen LogP contribution >= 0.6 is 0 Å². The Hall–Kier alpha value is -2.87. The van der Waals surface area contributed by atoms with Gasteiger partial charge in [0.15, 0.2) is 0 Å². The van der Waals surface area contributed by atoms with Gasteiger partial charge in [-0.15, -0.1) is 0 Å². The summed E-state index contributed by atoms with van der Waals surface area (Å²) >= 11 is 0. The van der Waals surface area contributed by atoms with Crippen LogP contribution in [0.1, 0.15) is 23.2 Å². The van der Waals surface area contributed by atoms with Crippen molar-refractivity contribution in [3.05, 3.63) is 48.0 Å². The standard InChI is InChI=1S/C20H20N4O3S/c25-20-16-4-3-5-17-18(16)23(12-10-21-20)19(22-17)14-6-8-15(9-7-14)24-11-1-2-13-28(24,26)27/h3-9H,1-2,10-13H2,(H,21,25). The minimum Gasteiger partial charge on any atom is -0.350 e. The lowest BCUT2D eigenvalue weighted by atomic mass is 10.1. The Morgan fingerprint density at radius 3 is 2.61 bits per heavy atom. The number of anilines is 1. The fourth-order valence-corrected chi connectivity index (χ4v) is 5.68. The van der Waals surface area contributed by atoms with Gasteiger partial charge >= 0.3 is 0 Å². The monoisotopic (exact) mass is 396 g/mol. The highest BCUT2D eigenvalue weighted by molar-refractivity contribution is 7.92. The number of nitrogens with zero attached hydrogens (tertiary/aromatic N) is 3. The molecule has 2 aromatic carbocycles. The molecule has 8 heteroatoms. The summed E-state index contributed by atoms with van der Waals surface area (Å²) < 4.78 is 28.2. The molecule has 1 amide bonds. The normalized spacial score (nSPS) is 18.7. The molecule has 0 unspecified atom stereocenters. The number of imidazole rings is 1. The third kappa shape index (κ3) is 2.67. The van der Waals surface area contributed by atoms with Crippen molar-refractivity contribution in [2.75, 3.05) is 23.1 Å². The van der Waals surface area contributed by atoms with E-state index in [2.05, 4.69) is 9.88 Å². The molecule has 0 atom stereocenters. The molecule has 0 spiro atoms. The van der Waals surface area contributed by atoms with Crippen LogP contribution in [0.2, 0.25) is 0 Å². The van der Waals surface area contributed by atoms with Crippen LogP contribution in [0, 0.1) is 0 Å². The molecule has 7 nitrogen and oxygen atoms in total. The number of rotatable bonds is 2. The van der Waals surface area contributed by atoms with E-state index in [1.807, 2.05) is 42.5 Å². The van der Waals surface area contributed by atoms with E-state index >= 15 is 0 Å². The van der Waals surface area contributed by atoms with Crippen molar-refractivity contribution < 1.29 is 13.2 Å². The van der Waals surface area contributed by atoms with Gasteiger partial charge in [-0.3, -0.25) is 9.10 Å². The van der Waals surface area contributed by atoms with Crippen molar-refractivity contribution in [1.29, 1.82) is 0 Å². The Morgan fingerprint density at radius 2 is 1.82 bits per heavy atom. The molecule has 0 aliphatic carbocycles. The van der Waals surface area contributed by atoms with E-state index in [4.69, 9.17) is 4.98 Å². The van der Waals surface area contributed by atoms with Crippen LogP contribution in [0.4, 0.5) is 5.69 Å². The molecule has 1 saturated heterocycles. The van der Waals surface area contributed by atoms with Crippen molar-refractivity contribution in [3.8, 4) is 11.4 Å². The highest BCUT2D eigenvalue weighted by Crippen LogP contribution is 2.30. The first-order chi connectivity index (χ1) is 13.5. The van der Waals surface area contributed by atoms with Crippen molar-refractivity contribution in [3.63, 3.8) is 0 Å². The lowest BCUT2D eigenvalue weighted by Crippen LogP contribution is -2.37. The van der Waals surface area contributed by atoms with Gasteiger partial charge in [-0.25, -0.2) is 13.4 Å². The van der Waals surface area contributed by atoms with E-state index in [1.165, 1.54) is 4.31 Å². The number of para-hydroxylation sites is 1. The summed E-state index contributed by atoms with van der Waals surface area (Å²) in [5.74, 6) is 0.905. The summed E-state index contributed by atoms with van der Waals surface area (Å²) in [6.45, 7) is 1.70. The third-order valence-corrected chi connectivity index (χ3v) is 7.26. The van der Waals surface area contributed by atoms with Crippen LogP contribution in [0.15, 0.2) is 42.5 Å². The summed E-state index contributed by atoms with van der Waals surface area (Å²) in [7, 11) is -3.23. The lowest BCUT2D eigenvalue weighted by molar-refractivity contribution is 0.0956. The minimum atomic E-state index is -3.23. The Balaban J connectivity index is 1.59. The van der Waals surface area contributed by atoms with Crippen LogP contribution < -0.4 is 9.62 Å². The van der Waals surface area contributed by atoms with E-state index in [0.717, 1.165) is 35.3 Å². The maximum Gasteiger partial charge on any atom is 0.253 e. The Labute approximate surface area is 163 Å². The number of nitrogens with one attached hydrogen (secondary N) is 1. The first-order valence-corrected chi connectivity index (χ1v) is 11.0. The number of sulfonamides is 1. The highest BCUT2D eigenvalue weighted by atomic mass is 32.2. The van der Waals surface area contributed by atoms with Gasteiger partial charge in [0.1, 0.15) is 5.82 Å². The lowest BCUT2D eigenvalue weighted by Gasteiger charge is -2.28. The Morgan fingerprint density at radius 1 is 1.00 bits per heavy atom. The van der Waals surface area contributed by atoms with Crippen LogP contribution in [0.3, 0.4) is 0 Å². The molecule has 0 radical (unpaired) electrons. The summed E-state index contributed by atoms with van der Waals surface area (Å²) in [6, 6.07) is 13.1. The van der Waals surface area contributed by atoms with Gasteiger partial charge in [0.2, 0.25) is 10.0 Å². The molecule has 0 saturated carbocycles. The third-order valence-electron chi connectivity index (χ3n) is 5.40. The van der Waals surface area contributed by atoms with E-state index in [9.17, 15) is 13.2 Å². The number of carbonyl (C=O) groups is 1. The summed E-state index contributed by atoms with van der Waals surface area (Å²) in [5, 5.41) is 2.92. The highest BCUT2D eigenvalue weighted by Gasteiger charge is 2.26. The molecule has 2 aliphatic rings. The zero-order valence-corrected chi connectivity index (χ0v) is 16.1. The zero-order chi connectivity index (χ0) is 19.3. The van der Waals surface area contributed by atoms with Crippen molar-refractivity contribution in [2.24, 2.45) is 0 Å². The van der Waals surface area contributed by atoms with Crippen LogP contribution in [-0.2, 0) is 16.6 Å². The Bertz CT molecular complexity index is 1180. The second-order valence-corrected chi connectivity index (χ2v) is 9.17. The fourth-order valence-electron chi connectivity index (χ4n) is 4.04. The van der Waals surface area contributed by atoms with Crippen molar-refractivity contribution in [2.45, 2.75) is 19.4 Å². The molecule has 5 rings (SSSR count). The zero-order valence-electron chi connectivity index (χ0n) is 15.3. The van der Waals surface area contributed by atoms with E-state index in [1.54, 1.807) is 0 Å². The van der Waals surface area contributed by atoms with Crippen molar-refractivity contribution >= 4 is 32.7 Å². The molecule has 1 fully saturated rings. The molecular weight excluding hydrogens is 376 g/mol. The molecule has 3 aromatic rings. The molecule has 2 aliphatic heterocycles. The molecule has 144 valence electrons. The predicted molar refractivity (Wildman–Crippen MR) is 108 cm³/mol. The largest absolute Gasteiger partial charge is 0.350 e. The molecule has 1 aromatic heterocycles. The SMILES string of the molecule is O=C1NCCn2c(-c3ccc(N4CCCCS4(=O)=O)cc3)nc3cccc1c32. The summed E-state index contributed by atoms with van der Waals surface area (Å²) in [6.07, 6.45) is 1.59. The van der Waals surface area contributed by atoms with Gasteiger partial charge in [-0.1, -0.05) is 6.07 Å². The van der Waals surface area contributed by atoms with Crippen LogP contribution in [0.25, 0.3) is 22.4 Å². The minimum absolute atomic E-state index is 0.0820. The molecular formula is C20H20N4O3S. The number of benzene rings is 2. The molecule has 3 heterocycles. The second kappa shape index (κ2) is 6.34. The second-order valence-electron chi connectivity index (χ2n) is 7.16. The average Bonchev–Trinajstić information content (AvgIpc) is 2.97. The number of aromatic nitrogens is 2. The van der Waals surface area contributed by atoms with E-state index in [-0.39, 0.29) is 11.7 Å². The quantitative estimate of drug-likeness (QED) is 0.721. The first kappa shape index (κ1) is 17.2. The average molecular weight is 396 g/mol. The maximum atomic E-state index is 12.3. The van der Waals surface area contributed by atoms with Gasteiger partial charge in [0.05, 0.1) is 28.0 Å². The predicted octanol–water partition coefficient (Wildman–Crippen LogP) is 2.38. The Kier molecular flexibility index (Phi) is 3.90. The number of carbonyl (C=O) groups excluding carboxylic acids is 1. The van der Waals surface area contributed by atoms with E-state index < -0.39 is 10.0 Å². The van der Waals surface area contributed by atoms with Gasteiger partial charge < -0.3 is 9.88 Å². The molecule has 28 heavy (non-hydrogen) atoms.